The van der Waals surface area contributed by atoms with Crippen molar-refractivity contribution in [3.8, 4) is 0 Å². The standard InChI is InChI=1S/C11H9ClF3N/c1-6-10-7(2-3-16-6)4-8(5-9(10)12)11(13,14)15/h4-5H,2-3H2,1H3. The van der Waals surface area contributed by atoms with E-state index in [0.29, 0.717) is 29.8 Å². The Morgan fingerprint density at radius 1 is 1.31 bits per heavy atom. The Bertz CT molecular complexity index is 463. The summed E-state index contributed by atoms with van der Waals surface area (Å²) in [6, 6.07) is 2.13. The van der Waals surface area contributed by atoms with Gasteiger partial charge in [-0.25, -0.2) is 0 Å². The van der Waals surface area contributed by atoms with Crippen molar-refractivity contribution in [2.24, 2.45) is 4.99 Å². The minimum atomic E-state index is -4.35. The van der Waals surface area contributed by atoms with E-state index in [0.717, 1.165) is 6.07 Å². The van der Waals surface area contributed by atoms with Crippen LogP contribution in [0.1, 0.15) is 23.6 Å². The number of rotatable bonds is 0. The third-order valence-electron chi connectivity index (χ3n) is 2.59. The van der Waals surface area contributed by atoms with E-state index in [1.54, 1.807) is 6.92 Å². The largest absolute Gasteiger partial charge is 0.416 e. The first kappa shape index (κ1) is 11.5. The lowest BCUT2D eigenvalue weighted by atomic mass is 9.96. The summed E-state index contributed by atoms with van der Waals surface area (Å²) in [5.74, 6) is 0. The number of benzene rings is 1. The molecule has 1 aromatic carbocycles. The molecule has 0 saturated carbocycles. The molecule has 2 rings (SSSR count). The lowest BCUT2D eigenvalue weighted by molar-refractivity contribution is -0.137. The van der Waals surface area contributed by atoms with Crippen LogP contribution in [0.25, 0.3) is 0 Å². The molecule has 1 aromatic rings. The Kier molecular flexibility index (Phi) is 2.70. The van der Waals surface area contributed by atoms with Crippen molar-refractivity contribution in [2.45, 2.75) is 19.5 Å². The first-order chi connectivity index (χ1) is 7.39. The van der Waals surface area contributed by atoms with Crippen LogP contribution in [0, 0.1) is 0 Å². The second-order valence-corrected chi connectivity index (χ2v) is 4.11. The van der Waals surface area contributed by atoms with Crippen LogP contribution in [0.15, 0.2) is 17.1 Å². The van der Waals surface area contributed by atoms with Crippen LogP contribution in [-0.2, 0) is 12.6 Å². The van der Waals surface area contributed by atoms with Gasteiger partial charge in [0.15, 0.2) is 0 Å². The van der Waals surface area contributed by atoms with Crippen LogP contribution in [0.3, 0.4) is 0 Å². The molecule has 16 heavy (non-hydrogen) atoms. The number of alkyl halides is 3. The molecule has 0 aliphatic carbocycles. The van der Waals surface area contributed by atoms with Crippen molar-refractivity contribution in [1.82, 2.24) is 0 Å². The van der Waals surface area contributed by atoms with Gasteiger partial charge in [-0.15, -0.1) is 0 Å². The zero-order valence-electron chi connectivity index (χ0n) is 8.53. The fourth-order valence-corrected chi connectivity index (χ4v) is 2.23. The molecule has 1 nitrogen and oxygen atoms in total. The minimum Gasteiger partial charge on any atom is -0.289 e. The zero-order chi connectivity index (χ0) is 11.9. The number of hydrogen-bond acceptors (Lipinski definition) is 1. The van der Waals surface area contributed by atoms with Crippen LogP contribution in [0.5, 0.6) is 0 Å². The van der Waals surface area contributed by atoms with Gasteiger partial charge in [-0.2, -0.15) is 13.2 Å². The molecule has 0 aromatic heterocycles. The zero-order valence-corrected chi connectivity index (χ0v) is 9.28. The normalized spacial score (nSPS) is 15.7. The van der Waals surface area contributed by atoms with Gasteiger partial charge >= 0.3 is 6.18 Å². The number of halogens is 4. The lowest BCUT2D eigenvalue weighted by Gasteiger charge is -2.18. The summed E-state index contributed by atoms with van der Waals surface area (Å²) in [4.78, 5) is 4.17. The van der Waals surface area contributed by atoms with Crippen molar-refractivity contribution in [1.29, 1.82) is 0 Å². The molecular weight excluding hydrogens is 239 g/mol. The van der Waals surface area contributed by atoms with Gasteiger partial charge in [-0.05, 0) is 31.0 Å². The molecule has 0 bridgehead atoms. The van der Waals surface area contributed by atoms with Crippen LogP contribution < -0.4 is 0 Å². The van der Waals surface area contributed by atoms with Gasteiger partial charge < -0.3 is 0 Å². The van der Waals surface area contributed by atoms with E-state index in [1.807, 2.05) is 0 Å². The number of aliphatic imine (C=N–C) groups is 1. The van der Waals surface area contributed by atoms with Crippen LogP contribution in [0.2, 0.25) is 5.02 Å². The molecule has 0 atom stereocenters. The van der Waals surface area contributed by atoms with Crippen molar-refractivity contribution < 1.29 is 13.2 Å². The molecule has 0 amide bonds. The highest BCUT2D eigenvalue weighted by molar-refractivity contribution is 6.34. The molecule has 0 radical (unpaired) electrons. The number of nitrogens with zero attached hydrogens (tertiary/aromatic N) is 1. The molecule has 1 aliphatic heterocycles. The molecule has 1 heterocycles. The topological polar surface area (TPSA) is 12.4 Å². The van der Waals surface area contributed by atoms with E-state index < -0.39 is 11.7 Å². The van der Waals surface area contributed by atoms with Gasteiger partial charge in [0.25, 0.3) is 0 Å². The summed E-state index contributed by atoms with van der Waals surface area (Å²) in [5, 5.41) is 0.130. The Hall–Kier alpha value is -1.03. The minimum absolute atomic E-state index is 0.130. The fraction of sp³-hybridized carbons (Fsp3) is 0.364. The van der Waals surface area contributed by atoms with E-state index in [-0.39, 0.29) is 5.02 Å². The van der Waals surface area contributed by atoms with Crippen LogP contribution in [0.4, 0.5) is 13.2 Å². The summed E-state index contributed by atoms with van der Waals surface area (Å²) < 4.78 is 37.6. The first-order valence-corrected chi connectivity index (χ1v) is 5.18. The second-order valence-electron chi connectivity index (χ2n) is 3.71. The number of hydrogen-bond donors (Lipinski definition) is 0. The maximum absolute atomic E-state index is 12.5. The molecular formula is C11H9ClF3N. The molecule has 0 unspecified atom stereocenters. The molecule has 86 valence electrons. The molecule has 0 fully saturated rings. The molecule has 0 N–H and O–H groups in total. The summed E-state index contributed by atoms with van der Waals surface area (Å²) in [5.41, 5.74) is 1.30. The molecule has 1 aliphatic rings. The summed E-state index contributed by atoms with van der Waals surface area (Å²) >= 11 is 5.87. The van der Waals surface area contributed by atoms with Gasteiger partial charge in [-0.3, -0.25) is 4.99 Å². The van der Waals surface area contributed by atoms with Gasteiger partial charge in [0.05, 0.1) is 10.6 Å². The monoisotopic (exact) mass is 247 g/mol. The van der Waals surface area contributed by atoms with Gasteiger partial charge in [0.1, 0.15) is 0 Å². The summed E-state index contributed by atoms with van der Waals surface area (Å²) in [7, 11) is 0. The maximum Gasteiger partial charge on any atom is 0.416 e. The first-order valence-electron chi connectivity index (χ1n) is 4.80. The van der Waals surface area contributed by atoms with Gasteiger partial charge in [0.2, 0.25) is 0 Å². The Morgan fingerprint density at radius 3 is 2.62 bits per heavy atom. The summed E-state index contributed by atoms with van der Waals surface area (Å²) in [6.07, 6.45) is -3.84. The lowest BCUT2D eigenvalue weighted by Crippen LogP contribution is -2.14. The Morgan fingerprint density at radius 2 is 2.00 bits per heavy atom. The quantitative estimate of drug-likeness (QED) is 0.663. The average molecular weight is 248 g/mol. The molecule has 0 saturated heterocycles. The summed E-state index contributed by atoms with van der Waals surface area (Å²) in [6.45, 7) is 2.29. The van der Waals surface area contributed by atoms with Crippen molar-refractivity contribution >= 4 is 17.3 Å². The Labute approximate surface area is 95.9 Å². The number of fused-ring (bicyclic) bond motifs is 1. The fourth-order valence-electron chi connectivity index (χ4n) is 1.85. The second kappa shape index (κ2) is 3.77. The van der Waals surface area contributed by atoms with E-state index in [9.17, 15) is 13.2 Å². The van der Waals surface area contributed by atoms with Crippen molar-refractivity contribution in [2.75, 3.05) is 6.54 Å². The van der Waals surface area contributed by atoms with Gasteiger partial charge in [-0.1, -0.05) is 11.6 Å². The van der Waals surface area contributed by atoms with E-state index in [1.165, 1.54) is 6.07 Å². The Balaban J connectivity index is 2.60. The maximum atomic E-state index is 12.5. The van der Waals surface area contributed by atoms with Crippen molar-refractivity contribution in [3.05, 3.63) is 33.8 Å². The highest BCUT2D eigenvalue weighted by Crippen LogP contribution is 2.35. The SMILES string of the molecule is CC1=NCCc2cc(C(F)(F)F)cc(Cl)c21. The molecule has 0 spiro atoms. The third-order valence-corrected chi connectivity index (χ3v) is 2.89. The van der Waals surface area contributed by atoms with E-state index in [2.05, 4.69) is 4.99 Å². The van der Waals surface area contributed by atoms with Crippen LogP contribution >= 0.6 is 11.6 Å². The highest BCUT2D eigenvalue weighted by atomic mass is 35.5. The third kappa shape index (κ3) is 1.94. The van der Waals surface area contributed by atoms with E-state index in [4.69, 9.17) is 11.6 Å². The van der Waals surface area contributed by atoms with Gasteiger partial charge in [0, 0.05) is 17.8 Å². The molecule has 5 heteroatoms. The highest BCUT2D eigenvalue weighted by Gasteiger charge is 2.32. The predicted molar refractivity (Wildman–Crippen MR) is 57.2 cm³/mol. The van der Waals surface area contributed by atoms with Crippen LogP contribution in [-0.4, -0.2) is 12.3 Å². The average Bonchev–Trinajstić information content (AvgIpc) is 2.15. The van der Waals surface area contributed by atoms with Crippen molar-refractivity contribution in [3.63, 3.8) is 0 Å². The predicted octanol–water partition coefficient (Wildman–Crippen LogP) is 3.72. The smallest absolute Gasteiger partial charge is 0.289 e. The van der Waals surface area contributed by atoms with E-state index >= 15 is 0 Å².